The molecule has 0 unspecified atom stereocenters. The van der Waals surface area contributed by atoms with Crippen LogP contribution < -0.4 is 5.73 Å². The summed E-state index contributed by atoms with van der Waals surface area (Å²) in [6.45, 7) is 0.129. The third-order valence-electron chi connectivity index (χ3n) is 2.72. The Hall–Kier alpha value is -0.670. The summed E-state index contributed by atoms with van der Waals surface area (Å²) in [6.07, 6.45) is 0. The van der Waals surface area contributed by atoms with Gasteiger partial charge in [-0.05, 0) is 34.1 Å². The molecule has 0 atom stereocenters. The van der Waals surface area contributed by atoms with E-state index in [4.69, 9.17) is 17.3 Å². The van der Waals surface area contributed by atoms with Crippen LogP contribution in [-0.4, -0.2) is 19.8 Å². The third kappa shape index (κ3) is 3.57. The molecule has 0 aliphatic rings. The van der Waals surface area contributed by atoms with Crippen molar-refractivity contribution >= 4 is 54.6 Å². The number of sulfonamides is 1. The quantitative estimate of drug-likeness (QED) is 0.777. The summed E-state index contributed by atoms with van der Waals surface area (Å²) >= 11 is 10.5. The van der Waals surface area contributed by atoms with Crippen molar-refractivity contribution in [2.45, 2.75) is 11.4 Å². The molecule has 2 aromatic rings. The van der Waals surface area contributed by atoms with Crippen LogP contribution in [0, 0.1) is 5.82 Å². The molecule has 114 valence electrons. The van der Waals surface area contributed by atoms with E-state index in [2.05, 4.69) is 15.9 Å². The lowest BCUT2D eigenvalue weighted by Gasteiger charge is -2.17. The van der Waals surface area contributed by atoms with Gasteiger partial charge in [-0.25, -0.2) is 12.8 Å². The van der Waals surface area contributed by atoms with Crippen molar-refractivity contribution in [1.82, 2.24) is 4.31 Å². The van der Waals surface area contributed by atoms with Gasteiger partial charge in [-0.2, -0.15) is 4.31 Å². The minimum Gasteiger partial charge on any atom is -0.396 e. The zero-order valence-corrected chi connectivity index (χ0v) is 14.8. The van der Waals surface area contributed by atoms with Gasteiger partial charge in [-0.15, -0.1) is 11.3 Å². The molecule has 0 aliphatic heterocycles. The zero-order chi connectivity index (χ0) is 15.8. The maximum atomic E-state index is 14.0. The first kappa shape index (κ1) is 16.7. The Kier molecular flexibility index (Phi) is 4.94. The second-order valence-electron chi connectivity index (χ2n) is 4.30. The van der Waals surface area contributed by atoms with Crippen molar-refractivity contribution in [3.63, 3.8) is 0 Å². The lowest BCUT2D eigenvalue weighted by atomic mass is 10.3. The van der Waals surface area contributed by atoms with E-state index in [1.165, 1.54) is 24.5 Å². The average molecular weight is 414 g/mol. The van der Waals surface area contributed by atoms with Crippen LogP contribution in [0.15, 0.2) is 32.9 Å². The van der Waals surface area contributed by atoms with Crippen molar-refractivity contribution in [3.8, 4) is 0 Å². The van der Waals surface area contributed by atoms with Crippen LogP contribution in [0.5, 0.6) is 0 Å². The van der Waals surface area contributed by atoms with E-state index in [9.17, 15) is 12.8 Å². The molecule has 21 heavy (non-hydrogen) atoms. The van der Waals surface area contributed by atoms with Crippen molar-refractivity contribution in [2.24, 2.45) is 0 Å². The Morgan fingerprint density at radius 1 is 1.43 bits per heavy atom. The third-order valence-corrected chi connectivity index (χ3v) is 6.42. The van der Waals surface area contributed by atoms with Gasteiger partial charge in [0.05, 0.1) is 5.69 Å². The van der Waals surface area contributed by atoms with E-state index in [-0.39, 0.29) is 17.3 Å². The predicted molar refractivity (Wildman–Crippen MR) is 86.5 cm³/mol. The fraction of sp³-hybridized carbons (Fsp3) is 0.167. The maximum absolute atomic E-state index is 14.0. The van der Waals surface area contributed by atoms with Gasteiger partial charge in [0.15, 0.2) is 5.82 Å². The Morgan fingerprint density at radius 3 is 2.67 bits per heavy atom. The number of halogens is 3. The number of benzene rings is 1. The largest absolute Gasteiger partial charge is 0.396 e. The molecule has 0 spiro atoms. The Morgan fingerprint density at radius 2 is 2.10 bits per heavy atom. The van der Waals surface area contributed by atoms with E-state index in [0.717, 1.165) is 19.7 Å². The topological polar surface area (TPSA) is 63.4 Å². The zero-order valence-electron chi connectivity index (χ0n) is 10.8. The minimum absolute atomic E-state index is 0.0692. The number of rotatable bonds is 4. The van der Waals surface area contributed by atoms with Crippen LogP contribution >= 0.6 is 38.9 Å². The summed E-state index contributed by atoms with van der Waals surface area (Å²) in [4.78, 5) is 0.300. The average Bonchev–Trinajstić information content (AvgIpc) is 2.79. The van der Waals surface area contributed by atoms with Crippen LogP contribution in [0.2, 0.25) is 5.02 Å². The summed E-state index contributed by atoms with van der Waals surface area (Å²) in [5.74, 6) is -0.987. The number of nitrogen functional groups attached to an aromatic ring is 1. The second-order valence-corrected chi connectivity index (χ2v) is 8.66. The van der Waals surface area contributed by atoms with Gasteiger partial charge in [0.1, 0.15) is 4.90 Å². The summed E-state index contributed by atoms with van der Waals surface area (Å²) < 4.78 is 40.8. The van der Waals surface area contributed by atoms with Crippen LogP contribution in [0.1, 0.15) is 4.88 Å². The molecule has 0 fully saturated rings. The molecule has 1 aromatic heterocycles. The molecular formula is C12H11BrClFN2O2S2. The highest BCUT2D eigenvalue weighted by Crippen LogP contribution is 2.29. The Balaban J connectivity index is 2.37. The van der Waals surface area contributed by atoms with Crippen LogP contribution in [0.3, 0.4) is 0 Å². The highest BCUT2D eigenvalue weighted by Gasteiger charge is 2.26. The normalized spacial score (nSPS) is 12.0. The van der Waals surface area contributed by atoms with E-state index >= 15 is 0 Å². The molecule has 4 nitrogen and oxygen atoms in total. The molecule has 0 saturated carbocycles. The number of nitrogens with zero attached hydrogens (tertiary/aromatic N) is 1. The first-order valence-corrected chi connectivity index (χ1v) is 9.14. The molecule has 0 amide bonds. The Bertz CT molecular complexity index is 780. The van der Waals surface area contributed by atoms with Gasteiger partial charge in [-0.1, -0.05) is 11.6 Å². The summed E-state index contributed by atoms with van der Waals surface area (Å²) in [5.41, 5.74) is 5.13. The van der Waals surface area contributed by atoms with Crippen molar-refractivity contribution in [2.75, 3.05) is 12.8 Å². The second kappa shape index (κ2) is 6.21. The van der Waals surface area contributed by atoms with E-state index < -0.39 is 20.7 Å². The van der Waals surface area contributed by atoms with Crippen molar-refractivity contribution < 1.29 is 12.8 Å². The van der Waals surface area contributed by atoms with Crippen LogP contribution in [-0.2, 0) is 16.6 Å². The lowest BCUT2D eigenvalue weighted by molar-refractivity contribution is 0.463. The SMILES string of the molecule is CN(Cc1cc(Br)cs1)S(=O)(=O)c1cc(Cl)cc(N)c1F. The van der Waals surface area contributed by atoms with E-state index in [0.29, 0.717) is 0 Å². The molecule has 0 aliphatic carbocycles. The first-order valence-electron chi connectivity index (χ1n) is 5.65. The van der Waals surface area contributed by atoms with Gasteiger partial charge in [0, 0.05) is 33.3 Å². The Labute approximate surface area is 139 Å². The van der Waals surface area contributed by atoms with E-state index in [1.54, 1.807) is 6.07 Å². The highest BCUT2D eigenvalue weighted by molar-refractivity contribution is 9.10. The monoisotopic (exact) mass is 412 g/mol. The van der Waals surface area contributed by atoms with Gasteiger partial charge in [0.25, 0.3) is 0 Å². The summed E-state index contributed by atoms with van der Waals surface area (Å²) in [6, 6.07) is 4.04. The van der Waals surface area contributed by atoms with Crippen molar-refractivity contribution in [3.05, 3.63) is 43.8 Å². The van der Waals surface area contributed by atoms with Gasteiger partial charge < -0.3 is 5.73 Å². The molecule has 2 N–H and O–H groups in total. The number of anilines is 1. The van der Waals surface area contributed by atoms with Crippen LogP contribution in [0.25, 0.3) is 0 Å². The smallest absolute Gasteiger partial charge is 0.246 e. The lowest BCUT2D eigenvalue weighted by Crippen LogP contribution is -2.27. The highest BCUT2D eigenvalue weighted by atomic mass is 79.9. The molecular weight excluding hydrogens is 403 g/mol. The molecule has 1 heterocycles. The van der Waals surface area contributed by atoms with Gasteiger partial charge in [0.2, 0.25) is 10.0 Å². The summed E-state index contributed by atoms with van der Waals surface area (Å²) in [5, 5.41) is 1.91. The molecule has 9 heteroatoms. The molecule has 2 rings (SSSR count). The molecule has 0 saturated heterocycles. The molecule has 0 bridgehead atoms. The number of hydrogen-bond donors (Lipinski definition) is 1. The predicted octanol–water partition coefficient (Wildman–Crippen LogP) is 3.71. The maximum Gasteiger partial charge on any atom is 0.246 e. The fourth-order valence-corrected chi connectivity index (χ4v) is 4.82. The van der Waals surface area contributed by atoms with Gasteiger partial charge in [-0.3, -0.25) is 0 Å². The number of thiophene rings is 1. The first-order chi connectivity index (χ1) is 9.71. The number of hydrogen-bond acceptors (Lipinski definition) is 4. The number of nitrogens with two attached hydrogens (primary N) is 1. The standard InChI is InChI=1S/C12H11BrClFN2O2S2/c1-17(5-9-2-7(13)6-20-9)21(18,19)11-4-8(14)3-10(16)12(11)15/h2-4,6H,5,16H2,1H3. The van der Waals surface area contributed by atoms with Gasteiger partial charge >= 0.3 is 0 Å². The van der Waals surface area contributed by atoms with Crippen LogP contribution in [0.4, 0.5) is 10.1 Å². The molecule has 1 aromatic carbocycles. The van der Waals surface area contributed by atoms with Crippen molar-refractivity contribution in [1.29, 1.82) is 0 Å². The fourth-order valence-electron chi connectivity index (χ4n) is 1.68. The minimum atomic E-state index is -4.02. The summed E-state index contributed by atoms with van der Waals surface area (Å²) in [7, 11) is -2.64. The molecule has 0 radical (unpaired) electrons. The van der Waals surface area contributed by atoms with E-state index in [1.807, 2.05) is 5.38 Å².